The first kappa shape index (κ1) is 12.7. The van der Waals surface area contributed by atoms with Gasteiger partial charge in [-0.3, -0.25) is 0 Å². The molecule has 1 fully saturated rings. The van der Waals surface area contributed by atoms with Gasteiger partial charge in [0.1, 0.15) is 0 Å². The van der Waals surface area contributed by atoms with Crippen LogP contribution in [0.4, 0.5) is 5.88 Å². The molecule has 4 nitrogen and oxygen atoms in total. The van der Waals surface area contributed by atoms with Gasteiger partial charge in [-0.15, -0.1) is 0 Å². The Hall–Kier alpha value is -1.33. The van der Waals surface area contributed by atoms with Gasteiger partial charge in [0, 0.05) is 17.0 Å². The highest BCUT2D eigenvalue weighted by Gasteiger charge is 2.25. The van der Waals surface area contributed by atoms with E-state index in [1.807, 2.05) is 24.3 Å². The fourth-order valence-corrected chi connectivity index (χ4v) is 2.72. The van der Waals surface area contributed by atoms with E-state index in [2.05, 4.69) is 21.1 Å². The van der Waals surface area contributed by atoms with Gasteiger partial charge in [-0.1, -0.05) is 33.2 Å². The molecule has 0 spiro atoms. The SMILES string of the molecule is Nc1onc(C2CCCOC2)c1-c1ccc(Br)cc1. The van der Waals surface area contributed by atoms with Gasteiger partial charge in [0.15, 0.2) is 0 Å². The lowest BCUT2D eigenvalue weighted by atomic mass is 9.93. The van der Waals surface area contributed by atoms with Crippen LogP contribution in [0.3, 0.4) is 0 Å². The normalized spacial score (nSPS) is 19.5. The topological polar surface area (TPSA) is 61.3 Å². The van der Waals surface area contributed by atoms with Crippen LogP contribution in [0.15, 0.2) is 33.3 Å². The van der Waals surface area contributed by atoms with Gasteiger partial charge in [0.25, 0.3) is 0 Å². The summed E-state index contributed by atoms with van der Waals surface area (Å²) < 4.78 is 11.8. The summed E-state index contributed by atoms with van der Waals surface area (Å²) in [5.74, 6) is 0.649. The van der Waals surface area contributed by atoms with Crippen LogP contribution >= 0.6 is 15.9 Å². The number of nitrogen functional groups attached to an aromatic ring is 1. The zero-order chi connectivity index (χ0) is 13.2. The molecule has 3 rings (SSSR count). The lowest BCUT2D eigenvalue weighted by Crippen LogP contribution is -2.16. The van der Waals surface area contributed by atoms with Crippen molar-refractivity contribution in [3.8, 4) is 11.1 Å². The van der Waals surface area contributed by atoms with Crippen molar-refractivity contribution in [2.24, 2.45) is 0 Å². The van der Waals surface area contributed by atoms with E-state index in [-0.39, 0.29) is 5.92 Å². The number of hydrogen-bond donors (Lipinski definition) is 1. The number of halogens is 1. The molecule has 1 atom stereocenters. The van der Waals surface area contributed by atoms with Gasteiger partial charge in [-0.05, 0) is 30.5 Å². The number of benzene rings is 1. The van der Waals surface area contributed by atoms with E-state index in [1.165, 1.54) is 0 Å². The third kappa shape index (κ3) is 2.53. The molecule has 1 aliphatic rings. The van der Waals surface area contributed by atoms with Crippen molar-refractivity contribution in [3.05, 3.63) is 34.4 Å². The monoisotopic (exact) mass is 322 g/mol. The Morgan fingerprint density at radius 2 is 2.05 bits per heavy atom. The molecule has 1 unspecified atom stereocenters. The Balaban J connectivity index is 2.00. The van der Waals surface area contributed by atoms with Crippen molar-refractivity contribution in [1.82, 2.24) is 5.16 Å². The summed E-state index contributed by atoms with van der Waals surface area (Å²) in [4.78, 5) is 0. The second-order valence-electron chi connectivity index (χ2n) is 4.73. The fourth-order valence-electron chi connectivity index (χ4n) is 2.46. The average Bonchev–Trinajstić information content (AvgIpc) is 2.83. The first-order chi connectivity index (χ1) is 9.25. The minimum absolute atomic E-state index is 0.272. The second-order valence-corrected chi connectivity index (χ2v) is 5.64. The lowest BCUT2D eigenvalue weighted by molar-refractivity contribution is 0.0785. The molecule has 2 heterocycles. The number of rotatable bonds is 2. The number of aromatic nitrogens is 1. The quantitative estimate of drug-likeness (QED) is 0.917. The summed E-state index contributed by atoms with van der Waals surface area (Å²) in [5, 5.41) is 4.15. The van der Waals surface area contributed by atoms with Crippen LogP contribution < -0.4 is 5.73 Å². The predicted octanol–water partition coefficient (Wildman–Crippen LogP) is 3.58. The lowest BCUT2D eigenvalue weighted by Gasteiger charge is -2.20. The first-order valence-electron chi connectivity index (χ1n) is 6.34. The van der Waals surface area contributed by atoms with E-state index in [0.29, 0.717) is 12.5 Å². The summed E-state index contributed by atoms with van der Waals surface area (Å²) in [6, 6.07) is 8.01. The maximum atomic E-state index is 5.94. The van der Waals surface area contributed by atoms with Gasteiger partial charge < -0.3 is 15.0 Å². The number of ether oxygens (including phenoxy) is 1. The molecule has 0 radical (unpaired) electrons. The zero-order valence-corrected chi connectivity index (χ0v) is 12.0. The Bertz CT molecular complexity index is 559. The average molecular weight is 323 g/mol. The molecule has 100 valence electrons. The third-order valence-corrected chi connectivity index (χ3v) is 3.95. The number of nitrogens with two attached hydrogens (primary N) is 1. The van der Waals surface area contributed by atoms with E-state index in [0.717, 1.165) is 40.7 Å². The molecule has 5 heteroatoms. The predicted molar refractivity (Wildman–Crippen MR) is 76.8 cm³/mol. The van der Waals surface area contributed by atoms with E-state index in [4.69, 9.17) is 15.0 Å². The first-order valence-corrected chi connectivity index (χ1v) is 7.13. The Kier molecular flexibility index (Phi) is 3.57. The minimum Gasteiger partial charge on any atom is -0.381 e. The van der Waals surface area contributed by atoms with Gasteiger partial charge >= 0.3 is 0 Å². The van der Waals surface area contributed by atoms with Crippen molar-refractivity contribution >= 4 is 21.8 Å². The van der Waals surface area contributed by atoms with E-state index < -0.39 is 0 Å². The zero-order valence-electron chi connectivity index (χ0n) is 10.4. The van der Waals surface area contributed by atoms with Crippen LogP contribution in [0.25, 0.3) is 11.1 Å². The van der Waals surface area contributed by atoms with Crippen LogP contribution in [0.1, 0.15) is 24.5 Å². The van der Waals surface area contributed by atoms with Crippen molar-refractivity contribution in [2.45, 2.75) is 18.8 Å². The molecule has 0 aliphatic carbocycles. The van der Waals surface area contributed by atoms with Gasteiger partial charge in [0.2, 0.25) is 5.88 Å². The van der Waals surface area contributed by atoms with Gasteiger partial charge in [-0.25, -0.2) is 0 Å². The molecular formula is C14H15BrN2O2. The molecule has 2 N–H and O–H groups in total. The van der Waals surface area contributed by atoms with E-state index in [9.17, 15) is 0 Å². The molecule has 2 aromatic rings. The van der Waals surface area contributed by atoms with Gasteiger partial charge in [0.05, 0.1) is 17.9 Å². The molecule has 1 aromatic heterocycles. The second kappa shape index (κ2) is 5.35. The van der Waals surface area contributed by atoms with Crippen molar-refractivity contribution in [3.63, 3.8) is 0 Å². The van der Waals surface area contributed by atoms with Crippen molar-refractivity contribution in [1.29, 1.82) is 0 Å². The van der Waals surface area contributed by atoms with Crippen molar-refractivity contribution in [2.75, 3.05) is 18.9 Å². The highest BCUT2D eigenvalue weighted by molar-refractivity contribution is 9.10. The van der Waals surface area contributed by atoms with Gasteiger partial charge in [-0.2, -0.15) is 0 Å². The molecular weight excluding hydrogens is 308 g/mol. The molecule has 0 amide bonds. The van der Waals surface area contributed by atoms with E-state index in [1.54, 1.807) is 0 Å². The summed E-state index contributed by atoms with van der Waals surface area (Å²) in [7, 11) is 0. The summed E-state index contributed by atoms with van der Waals surface area (Å²) in [6.45, 7) is 1.52. The van der Waals surface area contributed by atoms with Crippen LogP contribution in [0.5, 0.6) is 0 Å². The standard InChI is InChI=1S/C14H15BrN2O2/c15-11-5-3-9(4-6-11)12-13(17-19-14(12)16)10-2-1-7-18-8-10/h3-6,10H,1-2,7-8,16H2. The summed E-state index contributed by atoms with van der Waals surface area (Å²) in [5.41, 5.74) is 8.79. The highest BCUT2D eigenvalue weighted by atomic mass is 79.9. The molecule has 0 bridgehead atoms. The van der Waals surface area contributed by atoms with Crippen LogP contribution in [-0.4, -0.2) is 18.4 Å². The number of anilines is 1. The van der Waals surface area contributed by atoms with Crippen molar-refractivity contribution < 1.29 is 9.26 Å². The summed E-state index contributed by atoms with van der Waals surface area (Å²) in [6.07, 6.45) is 2.12. The molecule has 1 saturated heterocycles. The van der Waals surface area contributed by atoms with Crippen LogP contribution in [-0.2, 0) is 4.74 Å². The maximum absolute atomic E-state index is 5.94. The number of nitrogens with zero attached hydrogens (tertiary/aromatic N) is 1. The molecule has 1 aromatic carbocycles. The van der Waals surface area contributed by atoms with Crippen LogP contribution in [0.2, 0.25) is 0 Å². The third-order valence-electron chi connectivity index (χ3n) is 3.42. The maximum Gasteiger partial charge on any atom is 0.230 e. The Labute approximate surface area is 120 Å². The molecule has 19 heavy (non-hydrogen) atoms. The fraction of sp³-hybridized carbons (Fsp3) is 0.357. The highest BCUT2D eigenvalue weighted by Crippen LogP contribution is 2.37. The van der Waals surface area contributed by atoms with E-state index >= 15 is 0 Å². The molecule has 1 aliphatic heterocycles. The minimum atomic E-state index is 0.272. The Morgan fingerprint density at radius 1 is 1.26 bits per heavy atom. The summed E-state index contributed by atoms with van der Waals surface area (Å²) >= 11 is 3.43. The largest absolute Gasteiger partial charge is 0.381 e. The molecule has 0 saturated carbocycles. The van der Waals surface area contributed by atoms with Crippen LogP contribution in [0, 0.1) is 0 Å². The Morgan fingerprint density at radius 3 is 2.74 bits per heavy atom. The number of hydrogen-bond acceptors (Lipinski definition) is 4. The smallest absolute Gasteiger partial charge is 0.230 e.